The van der Waals surface area contributed by atoms with Crippen LogP contribution in [0.15, 0.2) is 30.3 Å². The Morgan fingerprint density at radius 1 is 1.21 bits per heavy atom. The molecule has 2 rings (SSSR count). The van der Waals surface area contributed by atoms with Crippen molar-refractivity contribution in [3.05, 3.63) is 47.3 Å². The SMILES string of the molecule is CCc1cc(C(=O)O)nn1-c1ccccc1C(=O)O. The van der Waals surface area contributed by atoms with E-state index in [4.69, 9.17) is 10.2 Å². The Kier molecular flexibility index (Phi) is 3.33. The van der Waals surface area contributed by atoms with Crippen molar-refractivity contribution in [3.8, 4) is 5.69 Å². The molecule has 2 aromatic rings. The topological polar surface area (TPSA) is 92.4 Å². The third kappa shape index (κ3) is 2.33. The maximum absolute atomic E-state index is 11.2. The van der Waals surface area contributed by atoms with Crippen LogP contribution in [0.4, 0.5) is 0 Å². The molecule has 1 aromatic heterocycles. The summed E-state index contributed by atoms with van der Waals surface area (Å²) in [5.74, 6) is -2.22. The van der Waals surface area contributed by atoms with Crippen molar-refractivity contribution in [1.29, 1.82) is 0 Å². The molecular formula is C13H12N2O4. The summed E-state index contributed by atoms with van der Waals surface area (Å²) in [5.41, 5.74) is 0.986. The van der Waals surface area contributed by atoms with E-state index in [2.05, 4.69) is 5.10 Å². The molecule has 0 aliphatic heterocycles. The number of carboxylic acids is 2. The summed E-state index contributed by atoms with van der Waals surface area (Å²) in [7, 11) is 0. The molecule has 6 nitrogen and oxygen atoms in total. The molecule has 98 valence electrons. The van der Waals surface area contributed by atoms with Crippen LogP contribution in [0.3, 0.4) is 0 Å². The Balaban J connectivity index is 2.64. The van der Waals surface area contributed by atoms with Gasteiger partial charge in [-0.15, -0.1) is 0 Å². The van der Waals surface area contributed by atoms with Gasteiger partial charge in [0.2, 0.25) is 0 Å². The maximum atomic E-state index is 11.2. The van der Waals surface area contributed by atoms with Gasteiger partial charge < -0.3 is 10.2 Å². The Labute approximate surface area is 108 Å². The summed E-state index contributed by atoms with van der Waals surface area (Å²) in [5, 5.41) is 22.0. The minimum Gasteiger partial charge on any atom is -0.478 e. The van der Waals surface area contributed by atoms with Crippen LogP contribution in [-0.2, 0) is 6.42 Å². The summed E-state index contributed by atoms with van der Waals surface area (Å²) in [6, 6.07) is 7.80. The number of benzene rings is 1. The van der Waals surface area contributed by atoms with Gasteiger partial charge in [0.25, 0.3) is 0 Å². The number of aromatic carboxylic acids is 2. The second-order valence-corrected chi connectivity index (χ2v) is 3.91. The van der Waals surface area contributed by atoms with Crippen molar-refractivity contribution in [3.63, 3.8) is 0 Å². The lowest BCUT2D eigenvalue weighted by atomic mass is 10.1. The van der Waals surface area contributed by atoms with Gasteiger partial charge in [-0.25, -0.2) is 14.3 Å². The standard InChI is InChI=1S/C13H12N2O4/c1-2-8-7-10(13(18)19)14-15(8)11-6-4-3-5-9(11)12(16)17/h3-7H,2H2,1H3,(H,16,17)(H,18,19). The van der Waals surface area contributed by atoms with Gasteiger partial charge in [-0.3, -0.25) is 0 Å². The molecule has 0 aliphatic rings. The van der Waals surface area contributed by atoms with Crippen LogP contribution < -0.4 is 0 Å². The fraction of sp³-hybridized carbons (Fsp3) is 0.154. The molecule has 0 atom stereocenters. The van der Waals surface area contributed by atoms with Gasteiger partial charge in [0.15, 0.2) is 5.69 Å². The number of nitrogens with zero attached hydrogens (tertiary/aromatic N) is 2. The number of carboxylic acid groups (broad SMARTS) is 2. The largest absolute Gasteiger partial charge is 0.478 e. The van der Waals surface area contributed by atoms with E-state index in [0.29, 0.717) is 17.8 Å². The first-order chi connectivity index (χ1) is 9.04. The van der Waals surface area contributed by atoms with Crippen LogP contribution in [0.5, 0.6) is 0 Å². The molecule has 19 heavy (non-hydrogen) atoms. The normalized spacial score (nSPS) is 10.4. The number of hydrogen-bond acceptors (Lipinski definition) is 3. The highest BCUT2D eigenvalue weighted by Crippen LogP contribution is 2.18. The number of aromatic nitrogens is 2. The van der Waals surface area contributed by atoms with E-state index in [1.165, 1.54) is 16.8 Å². The van der Waals surface area contributed by atoms with Crippen LogP contribution in [0, 0.1) is 0 Å². The van der Waals surface area contributed by atoms with Crippen molar-refractivity contribution in [2.75, 3.05) is 0 Å². The van der Waals surface area contributed by atoms with E-state index in [9.17, 15) is 9.59 Å². The van der Waals surface area contributed by atoms with Gasteiger partial charge in [0.05, 0.1) is 11.3 Å². The molecule has 1 aromatic carbocycles. The Morgan fingerprint density at radius 2 is 1.89 bits per heavy atom. The molecule has 0 saturated carbocycles. The van der Waals surface area contributed by atoms with Crippen molar-refractivity contribution in [1.82, 2.24) is 9.78 Å². The monoisotopic (exact) mass is 260 g/mol. The molecule has 0 fully saturated rings. The van der Waals surface area contributed by atoms with E-state index in [0.717, 1.165) is 0 Å². The van der Waals surface area contributed by atoms with Crippen LogP contribution in [-0.4, -0.2) is 31.9 Å². The highest BCUT2D eigenvalue weighted by Gasteiger charge is 2.17. The zero-order chi connectivity index (χ0) is 14.0. The first-order valence-corrected chi connectivity index (χ1v) is 5.69. The zero-order valence-electron chi connectivity index (χ0n) is 10.2. The summed E-state index contributed by atoms with van der Waals surface area (Å²) in [6.45, 7) is 1.85. The van der Waals surface area contributed by atoms with Gasteiger partial charge in [0.1, 0.15) is 0 Å². The van der Waals surface area contributed by atoms with Crippen molar-refractivity contribution in [2.24, 2.45) is 0 Å². The number of rotatable bonds is 4. The summed E-state index contributed by atoms with van der Waals surface area (Å²) >= 11 is 0. The lowest BCUT2D eigenvalue weighted by Crippen LogP contribution is -2.09. The highest BCUT2D eigenvalue weighted by atomic mass is 16.4. The molecular weight excluding hydrogens is 248 g/mol. The summed E-state index contributed by atoms with van der Waals surface area (Å²) in [6.07, 6.45) is 0.550. The van der Waals surface area contributed by atoms with Gasteiger partial charge in [-0.2, -0.15) is 5.10 Å². The molecule has 0 saturated heterocycles. The Bertz CT molecular complexity index is 646. The van der Waals surface area contributed by atoms with E-state index in [1.807, 2.05) is 6.92 Å². The lowest BCUT2D eigenvalue weighted by molar-refractivity contribution is 0.0684. The average Bonchev–Trinajstić information content (AvgIpc) is 2.82. The quantitative estimate of drug-likeness (QED) is 0.874. The molecule has 1 heterocycles. The summed E-state index contributed by atoms with van der Waals surface area (Å²) < 4.78 is 1.37. The van der Waals surface area contributed by atoms with E-state index < -0.39 is 11.9 Å². The highest BCUT2D eigenvalue weighted by molar-refractivity contribution is 5.92. The van der Waals surface area contributed by atoms with E-state index in [1.54, 1.807) is 18.2 Å². The second kappa shape index (κ2) is 4.93. The van der Waals surface area contributed by atoms with Crippen LogP contribution in [0.1, 0.15) is 33.5 Å². The minimum atomic E-state index is -1.14. The summed E-state index contributed by atoms with van der Waals surface area (Å²) in [4.78, 5) is 22.1. The smallest absolute Gasteiger partial charge is 0.356 e. The van der Waals surface area contributed by atoms with E-state index >= 15 is 0 Å². The van der Waals surface area contributed by atoms with Gasteiger partial charge in [0, 0.05) is 5.69 Å². The molecule has 2 N–H and O–H groups in total. The maximum Gasteiger partial charge on any atom is 0.356 e. The predicted molar refractivity (Wildman–Crippen MR) is 66.9 cm³/mol. The number of aryl methyl sites for hydroxylation is 1. The van der Waals surface area contributed by atoms with Crippen LogP contribution in [0.25, 0.3) is 5.69 Å². The van der Waals surface area contributed by atoms with Crippen LogP contribution >= 0.6 is 0 Å². The van der Waals surface area contributed by atoms with Crippen molar-refractivity contribution >= 4 is 11.9 Å². The first kappa shape index (κ1) is 12.8. The fourth-order valence-electron chi connectivity index (χ4n) is 1.82. The lowest BCUT2D eigenvalue weighted by Gasteiger charge is -2.08. The third-order valence-electron chi connectivity index (χ3n) is 2.73. The Hall–Kier alpha value is -2.63. The van der Waals surface area contributed by atoms with Crippen LogP contribution in [0.2, 0.25) is 0 Å². The molecule has 0 spiro atoms. The number of para-hydroxylation sites is 1. The van der Waals surface area contributed by atoms with Gasteiger partial charge in [-0.1, -0.05) is 19.1 Å². The second-order valence-electron chi connectivity index (χ2n) is 3.91. The fourth-order valence-corrected chi connectivity index (χ4v) is 1.82. The molecule has 0 aliphatic carbocycles. The van der Waals surface area contributed by atoms with Gasteiger partial charge in [-0.05, 0) is 24.6 Å². The van der Waals surface area contributed by atoms with Gasteiger partial charge >= 0.3 is 11.9 Å². The molecule has 6 heteroatoms. The van der Waals surface area contributed by atoms with Crippen molar-refractivity contribution < 1.29 is 19.8 Å². The predicted octanol–water partition coefficient (Wildman–Crippen LogP) is 1.83. The number of carbonyl (C=O) groups is 2. The Morgan fingerprint density at radius 3 is 2.47 bits per heavy atom. The molecule has 0 amide bonds. The number of hydrogen-bond donors (Lipinski definition) is 2. The molecule has 0 bridgehead atoms. The zero-order valence-corrected chi connectivity index (χ0v) is 10.2. The first-order valence-electron chi connectivity index (χ1n) is 5.69. The van der Waals surface area contributed by atoms with Crippen molar-refractivity contribution in [2.45, 2.75) is 13.3 Å². The minimum absolute atomic E-state index is 0.0808. The molecule has 0 unspecified atom stereocenters. The average molecular weight is 260 g/mol. The third-order valence-corrected chi connectivity index (χ3v) is 2.73. The van der Waals surface area contributed by atoms with E-state index in [-0.39, 0.29) is 11.3 Å². The molecule has 0 radical (unpaired) electrons.